The number of hydrogen-bond donors (Lipinski definition) is 1. The summed E-state index contributed by atoms with van der Waals surface area (Å²) in [5.41, 5.74) is 1.48. The molecule has 1 N–H and O–H groups in total. The molecule has 0 spiro atoms. The number of para-hydroxylation sites is 2. The maximum atomic E-state index is 12.9. The molecule has 0 bridgehead atoms. The number of halogens is 1. The molecule has 6 heteroatoms. The number of amides is 2. The minimum atomic E-state index is -0.419. The van der Waals surface area contributed by atoms with Gasteiger partial charge in [-0.2, -0.15) is 0 Å². The molecule has 25 heavy (non-hydrogen) atoms. The van der Waals surface area contributed by atoms with E-state index in [4.69, 9.17) is 4.74 Å². The molecule has 130 valence electrons. The maximum Gasteiger partial charge on any atom is 0.227 e. The number of benzene rings is 2. The Hall–Kier alpha value is -2.89. The van der Waals surface area contributed by atoms with E-state index in [1.165, 1.54) is 12.1 Å². The molecule has 0 aromatic heterocycles. The zero-order valence-electron chi connectivity index (χ0n) is 13.9. The summed E-state index contributed by atoms with van der Waals surface area (Å²) in [6.07, 6.45) is 0.160. The Kier molecular flexibility index (Phi) is 4.97. The molecule has 0 unspecified atom stereocenters. The van der Waals surface area contributed by atoms with Crippen LogP contribution in [0.15, 0.2) is 48.5 Å². The highest BCUT2D eigenvalue weighted by Crippen LogP contribution is 2.32. The zero-order valence-corrected chi connectivity index (χ0v) is 13.9. The molecular formula is C19H19FN2O3. The molecule has 1 saturated heterocycles. The highest BCUT2D eigenvalue weighted by Gasteiger charge is 2.36. The molecule has 0 aliphatic carbocycles. The fourth-order valence-corrected chi connectivity index (χ4v) is 2.90. The number of anilines is 1. The summed E-state index contributed by atoms with van der Waals surface area (Å²) < 4.78 is 18.2. The zero-order chi connectivity index (χ0) is 17.8. The first kappa shape index (κ1) is 17.0. The molecule has 3 rings (SSSR count). The van der Waals surface area contributed by atoms with Gasteiger partial charge in [-0.15, -0.1) is 0 Å². The van der Waals surface area contributed by atoms with Crippen molar-refractivity contribution in [2.24, 2.45) is 5.92 Å². The van der Waals surface area contributed by atoms with Crippen molar-refractivity contribution in [3.05, 3.63) is 59.9 Å². The summed E-state index contributed by atoms with van der Waals surface area (Å²) in [5.74, 6) is -0.425. The van der Waals surface area contributed by atoms with Crippen molar-refractivity contribution in [3.8, 4) is 5.75 Å². The van der Waals surface area contributed by atoms with Crippen LogP contribution in [0, 0.1) is 11.7 Å². The SMILES string of the molecule is COc1ccccc1N1C[C@@H](C(=O)NCc2ccc(F)cc2)CC1=O. The monoisotopic (exact) mass is 342 g/mol. The van der Waals surface area contributed by atoms with Crippen LogP contribution < -0.4 is 15.0 Å². The largest absolute Gasteiger partial charge is 0.495 e. The Bertz CT molecular complexity index is 776. The van der Waals surface area contributed by atoms with E-state index in [1.807, 2.05) is 12.1 Å². The minimum absolute atomic E-state index is 0.105. The smallest absolute Gasteiger partial charge is 0.227 e. The van der Waals surface area contributed by atoms with E-state index < -0.39 is 5.92 Å². The Morgan fingerprint density at radius 2 is 1.96 bits per heavy atom. The summed E-state index contributed by atoms with van der Waals surface area (Å²) >= 11 is 0. The summed E-state index contributed by atoms with van der Waals surface area (Å²) in [6.45, 7) is 0.618. The van der Waals surface area contributed by atoms with Crippen LogP contribution in [0.3, 0.4) is 0 Å². The molecule has 0 saturated carbocycles. The van der Waals surface area contributed by atoms with Gasteiger partial charge in [-0.25, -0.2) is 4.39 Å². The fraction of sp³-hybridized carbons (Fsp3) is 0.263. The number of methoxy groups -OCH3 is 1. The molecule has 1 aliphatic heterocycles. The highest BCUT2D eigenvalue weighted by atomic mass is 19.1. The van der Waals surface area contributed by atoms with Gasteiger partial charge in [0.2, 0.25) is 11.8 Å². The van der Waals surface area contributed by atoms with Crippen LogP contribution in [0.1, 0.15) is 12.0 Å². The van der Waals surface area contributed by atoms with Crippen molar-refractivity contribution in [2.75, 3.05) is 18.6 Å². The standard InChI is InChI=1S/C19H19FN2O3/c1-25-17-5-3-2-4-16(17)22-12-14(10-18(22)23)19(24)21-11-13-6-8-15(20)9-7-13/h2-9,14H,10-12H2,1H3,(H,21,24)/t14-/m0/s1. The van der Waals surface area contributed by atoms with Crippen LogP contribution in [0.4, 0.5) is 10.1 Å². The average Bonchev–Trinajstić information content (AvgIpc) is 3.02. The second kappa shape index (κ2) is 7.34. The van der Waals surface area contributed by atoms with Gasteiger partial charge >= 0.3 is 0 Å². The van der Waals surface area contributed by atoms with E-state index in [2.05, 4.69) is 5.32 Å². The molecule has 2 aromatic carbocycles. The number of hydrogen-bond acceptors (Lipinski definition) is 3. The van der Waals surface area contributed by atoms with E-state index in [-0.39, 0.29) is 24.1 Å². The van der Waals surface area contributed by atoms with Crippen LogP contribution in [-0.2, 0) is 16.1 Å². The lowest BCUT2D eigenvalue weighted by atomic mass is 10.1. The first-order valence-electron chi connectivity index (χ1n) is 8.04. The molecule has 2 amide bonds. The van der Waals surface area contributed by atoms with Crippen molar-refractivity contribution in [3.63, 3.8) is 0 Å². The van der Waals surface area contributed by atoms with Gasteiger partial charge in [-0.05, 0) is 29.8 Å². The van der Waals surface area contributed by atoms with Crippen molar-refractivity contribution in [2.45, 2.75) is 13.0 Å². The molecule has 0 radical (unpaired) electrons. The topological polar surface area (TPSA) is 58.6 Å². The minimum Gasteiger partial charge on any atom is -0.495 e. The maximum absolute atomic E-state index is 12.9. The predicted molar refractivity (Wildman–Crippen MR) is 91.7 cm³/mol. The third-order valence-electron chi connectivity index (χ3n) is 4.25. The van der Waals surface area contributed by atoms with Crippen molar-refractivity contribution >= 4 is 17.5 Å². The van der Waals surface area contributed by atoms with Gasteiger partial charge in [0, 0.05) is 19.5 Å². The lowest BCUT2D eigenvalue weighted by Crippen LogP contribution is -2.32. The number of carbonyl (C=O) groups is 2. The number of nitrogens with zero attached hydrogens (tertiary/aromatic N) is 1. The van der Waals surface area contributed by atoms with Crippen LogP contribution in [0.5, 0.6) is 5.75 Å². The van der Waals surface area contributed by atoms with Gasteiger partial charge in [-0.1, -0.05) is 24.3 Å². The molecular weight excluding hydrogens is 323 g/mol. The Morgan fingerprint density at radius 3 is 2.68 bits per heavy atom. The third kappa shape index (κ3) is 3.79. The number of ether oxygens (including phenoxy) is 1. The number of carbonyl (C=O) groups excluding carboxylic acids is 2. The van der Waals surface area contributed by atoms with Gasteiger partial charge in [0.05, 0.1) is 18.7 Å². The number of nitrogens with one attached hydrogen (secondary N) is 1. The summed E-state index contributed by atoms with van der Waals surface area (Å²) in [6, 6.07) is 13.2. The van der Waals surface area contributed by atoms with E-state index in [0.29, 0.717) is 24.5 Å². The average molecular weight is 342 g/mol. The Balaban J connectivity index is 1.63. The lowest BCUT2D eigenvalue weighted by Gasteiger charge is -2.19. The van der Waals surface area contributed by atoms with Gasteiger partial charge in [0.15, 0.2) is 0 Å². The first-order valence-corrected chi connectivity index (χ1v) is 8.04. The van der Waals surface area contributed by atoms with Gasteiger partial charge in [0.25, 0.3) is 0 Å². The van der Waals surface area contributed by atoms with Crippen molar-refractivity contribution < 1.29 is 18.7 Å². The Morgan fingerprint density at radius 1 is 1.24 bits per heavy atom. The van der Waals surface area contributed by atoms with Crippen LogP contribution >= 0.6 is 0 Å². The molecule has 1 aliphatic rings. The van der Waals surface area contributed by atoms with Crippen LogP contribution in [-0.4, -0.2) is 25.5 Å². The number of rotatable bonds is 5. The molecule has 1 heterocycles. The summed E-state index contributed by atoms with van der Waals surface area (Å²) in [5, 5.41) is 2.81. The molecule has 1 atom stereocenters. The van der Waals surface area contributed by atoms with Gasteiger partial charge in [-0.3, -0.25) is 9.59 Å². The quantitative estimate of drug-likeness (QED) is 0.908. The van der Waals surface area contributed by atoms with Gasteiger partial charge < -0.3 is 15.0 Å². The summed E-state index contributed by atoms with van der Waals surface area (Å²) in [7, 11) is 1.55. The van der Waals surface area contributed by atoms with E-state index >= 15 is 0 Å². The third-order valence-corrected chi connectivity index (χ3v) is 4.25. The van der Waals surface area contributed by atoms with Crippen molar-refractivity contribution in [1.29, 1.82) is 0 Å². The van der Waals surface area contributed by atoms with E-state index in [9.17, 15) is 14.0 Å². The lowest BCUT2D eigenvalue weighted by molar-refractivity contribution is -0.126. The second-order valence-electron chi connectivity index (χ2n) is 5.92. The van der Waals surface area contributed by atoms with Crippen LogP contribution in [0.2, 0.25) is 0 Å². The molecule has 2 aromatic rings. The van der Waals surface area contributed by atoms with E-state index in [1.54, 1.807) is 36.3 Å². The second-order valence-corrected chi connectivity index (χ2v) is 5.92. The van der Waals surface area contributed by atoms with Gasteiger partial charge in [0.1, 0.15) is 11.6 Å². The predicted octanol–water partition coefficient (Wildman–Crippen LogP) is 2.50. The first-order chi connectivity index (χ1) is 12.1. The molecule has 5 nitrogen and oxygen atoms in total. The summed E-state index contributed by atoms with van der Waals surface area (Å²) in [4.78, 5) is 26.3. The highest BCUT2D eigenvalue weighted by molar-refractivity contribution is 6.01. The van der Waals surface area contributed by atoms with E-state index in [0.717, 1.165) is 5.56 Å². The normalized spacial score (nSPS) is 16.8. The fourth-order valence-electron chi connectivity index (χ4n) is 2.90. The van der Waals surface area contributed by atoms with Crippen LogP contribution in [0.25, 0.3) is 0 Å². The molecule has 1 fully saturated rings. The van der Waals surface area contributed by atoms with Crippen molar-refractivity contribution in [1.82, 2.24) is 5.32 Å². The Labute approximate surface area is 145 Å².